The van der Waals surface area contributed by atoms with Gasteiger partial charge in [0.25, 0.3) is 0 Å². The van der Waals surface area contributed by atoms with Crippen molar-refractivity contribution >= 4 is 0 Å². The molecule has 3 heterocycles. The number of nitrogens with one attached hydrogen (secondary N) is 1. The lowest BCUT2D eigenvalue weighted by Crippen LogP contribution is -2.37. The van der Waals surface area contributed by atoms with Crippen LogP contribution in [-0.2, 0) is 12.1 Å². The van der Waals surface area contributed by atoms with E-state index >= 15 is 0 Å². The fourth-order valence-corrected chi connectivity index (χ4v) is 3.23. The predicted molar refractivity (Wildman–Crippen MR) is 74.9 cm³/mol. The van der Waals surface area contributed by atoms with Crippen LogP contribution >= 0.6 is 0 Å². The fraction of sp³-hybridized carbons (Fsp3) is 0.857. The van der Waals surface area contributed by atoms with Crippen LogP contribution in [0.2, 0.25) is 0 Å². The van der Waals surface area contributed by atoms with Gasteiger partial charge >= 0.3 is 0 Å². The minimum atomic E-state index is 0.0184. The van der Waals surface area contributed by atoms with Crippen LogP contribution in [0.25, 0.3) is 0 Å². The third-order valence-electron chi connectivity index (χ3n) is 4.38. The molecular weight excluding hydrogens is 238 g/mol. The summed E-state index contributed by atoms with van der Waals surface area (Å²) < 4.78 is 1.97. The van der Waals surface area contributed by atoms with Crippen LogP contribution in [0.5, 0.6) is 0 Å². The quantitative estimate of drug-likeness (QED) is 0.875. The Morgan fingerprint density at radius 2 is 2.05 bits per heavy atom. The fourth-order valence-electron chi connectivity index (χ4n) is 3.23. The maximum Gasteiger partial charge on any atom is 0.0967 e. The van der Waals surface area contributed by atoms with Crippen LogP contribution in [0.3, 0.4) is 0 Å². The summed E-state index contributed by atoms with van der Waals surface area (Å²) in [6.07, 6.45) is 6.05. The number of fused-ring (bicyclic) bond motifs is 2. The van der Waals surface area contributed by atoms with Crippen molar-refractivity contribution in [3.8, 4) is 0 Å². The Kier molecular flexibility index (Phi) is 3.35. The summed E-state index contributed by atoms with van der Waals surface area (Å²) in [5.74, 6) is 0. The average molecular weight is 263 g/mol. The highest BCUT2D eigenvalue weighted by Crippen LogP contribution is 2.29. The first kappa shape index (κ1) is 13.1. The zero-order valence-corrected chi connectivity index (χ0v) is 12.3. The Labute approximate surface area is 115 Å². The maximum absolute atomic E-state index is 4.35. The van der Waals surface area contributed by atoms with Crippen LogP contribution in [0.15, 0.2) is 6.20 Å². The summed E-state index contributed by atoms with van der Waals surface area (Å²) in [6, 6.07) is 1.42. The second-order valence-electron chi connectivity index (χ2n) is 6.88. The standard InChI is InChI=1S/C14H25N5/c1-14(2,3)19-10-11(16-17-19)9-18-12-4-5-13(18)8-15-7-6-12/h10,12-13,15H,4-9H2,1-3H3. The first-order chi connectivity index (χ1) is 9.04. The molecule has 0 amide bonds. The summed E-state index contributed by atoms with van der Waals surface area (Å²) in [5, 5.41) is 12.2. The van der Waals surface area contributed by atoms with Gasteiger partial charge < -0.3 is 5.32 Å². The Morgan fingerprint density at radius 3 is 2.79 bits per heavy atom. The van der Waals surface area contributed by atoms with Gasteiger partial charge in [-0.15, -0.1) is 5.10 Å². The highest BCUT2D eigenvalue weighted by atomic mass is 15.4. The lowest BCUT2D eigenvalue weighted by Gasteiger charge is -2.26. The Morgan fingerprint density at radius 1 is 1.26 bits per heavy atom. The normalized spacial score (nSPS) is 28.6. The van der Waals surface area contributed by atoms with Gasteiger partial charge in [-0.1, -0.05) is 5.21 Å². The molecule has 3 rings (SSSR count). The molecule has 2 atom stereocenters. The Hall–Kier alpha value is -0.940. The number of nitrogens with zero attached hydrogens (tertiary/aromatic N) is 4. The van der Waals surface area contributed by atoms with Gasteiger partial charge in [0.05, 0.1) is 17.4 Å². The summed E-state index contributed by atoms with van der Waals surface area (Å²) >= 11 is 0. The summed E-state index contributed by atoms with van der Waals surface area (Å²) in [4.78, 5) is 2.64. The molecule has 0 aliphatic carbocycles. The van der Waals surface area contributed by atoms with Crippen molar-refractivity contribution in [1.82, 2.24) is 25.2 Å². The highest BCUT2D eigenvalue weighted by Gasteiger charge is 2.35. The van der Waals surface area contributed by atoms with E-state index in [0.717, 1.165) is 31.4 Å². The third-order valence-corrected chi connectivity index (χ3v) is 4.38. The van der Waals surface area contributed by atoms with E-state index in [1.807, 2.05) is 4.68 Å². The largest absolute Gasteiger partial charge is 0.315 e. The molecule has 2 aliphatic rings. The molecule has 0 spiro atoms. The number of rotatable bonds is 2. The number of hydrogen-bond donors (Lipinski definition) is 1. The van der Waals surface area contributed by atoms with Crippen molar-refractivity contribution in [1.29, 1.82) is 0 Å². The molecule has 2 bridgehead atoms. The number of hydrogen-bond acceptors (Lipinski definition) is 4. The van der Waals surface area contributed by atoms with Crippen LogP contribution in [0, 0.1) is 0 Å². The van der Waals surface area contributed by atoms with Crippen molar-refractivity contribution in [3.05, 3.63) is 11.9 Å². The Balaban J connectivity index is 1.72. The third kappa shape index (κ3) is 2.67. The molecule has 19 heavy (non-hydrogen) atoms. The van der Waals surface area contributed by atoms with Gasteiger partial charge in [0.2, 0.25) is 0 Å². The molecule has 5 heteroatoms. The molecule has 106 valence electrons. The van der Waals surface area contributed by atoms with E-state index in [2.05, 4.69) is 47.5 Å². The number of aromatic nitrogens is 3. The molecule has 2 unspecified atom stereocenters. The van der Waals surface area contributed by atoms with Crippen LogP contribution in [-0.4, -0.2) is 45.1 Å². The van der Waals surface area contributed by atoms with Gasteiger partial charge in [-0.05, 0) is 46.6 Å². The first-order valence-electron chi connectivity index (χ1n) is 7.42. The summed E-state index contributed by atoms with van der Waals surface area (Å²) in [7, 11) is 0. The molecule has 1 aromatic rings. The second-order valence-corrected chi connectivity index (χ2v) is 6.88. The van der Waals surface area contributed by atoms with Crippen LogP contribution in [0.4, 0.5) is 0 Å². The monoisotopic (exact) mass is 263 g/mol. The van der Waals surface area contributed by atoms with Gasteiger partial charge in [0.15, 0.2) is 0 Å². The van der Waals surface area contributed by atoms with E-state index in [4.69, 9.17) is 0 Å². The molecule has 2 saturated heterocycles. The van der Waals surface area contributed by atoms with Crippen molar-refractivity contribution in [3.63, 3.8) is 0 Å². The second kappa shape index (κ2) is 4.87. The molecule has 1 aromatic heterocycles. The molecule has 5 nitrogen and oxygen atoms in total. The lowest BCUT2D eigenvalue weighted by molar-refractivity contribution is 0.191. The average Bonchev–Trinajstić information content (AvgIpc) is 2.84. The van der Waals surface area contributed by atoms with E-state index < -0.39 is 0 Å². The van der Waals surface area contributed by atoms with E-state index in [1.54, 1.807) is 0 Å². The van der Waals surface area contributed by atoms with Crippen LogP contribution < -0.4 is 5.32 Å². The molecular formula is C14H25N5. The first-order valence-corrected chi connectivity index (χ1v) is 7.42. The molecule has 1 N–H and O–H groups in total. The Bertz CT molecular complexity index is 419. The van der Waals surface area contributed by atoms with Crippen LogP contribution in [0.1, 0.15) is 45.7 Å². The van der Waals surface area contributed by atoms with Crippen molar-refractivity contribution in [2.45, 2.75) is 64.2 Å². The van der Waals surface area contributed by atoms with Gasteiger partial charge in [0, 0.05) is 25.2 Å². The van der Waals surface area contributed by atoms with E-state index in [1.165, 1.54) is 19.3 Å². The van der Waals surface area contributed by atoms with Crippen molar-refractivity contribution in [2.24, 2.45) is 0 Å². The molecule has 0 aromatic carbocycles. The van der Waals surface area contributed by atoms with Crippen molar-refractivity contribution < 1.29 is 0 Å². The molecule has 0 saturated carbocycles. The molecule has 2 aliphatic heterocycles. The van der Waals surface area contributed by atoms with Crippen molar-refractivity contribution in [2.75, 3.05) is 13.1 Å². The van der Waals surface area contributed by atoms with Gasteiger partial charge in [-0.25, -0.2) is 4.68 Å². The van der Waals surface area contributed by atoms with E-state index in [-0.39, 0.29) is 5.54 Å². The predicted octanol–water partition coefficient (Wildman–Crippen LogP) is 1.36. The van der Waals surface area contributed by atoms with Gasteiger partial charge in [0.1, 0.15) is 0 Å². The summed E-state index contributed by atoms with van der Waals surface area (Å²) in [6.45, 7) is 9.71. The molecule has 0 radical (unpaired) electrons. The molecule has 2 fully saturated rings. The maximum atomic E-state index is 4.35. The SMILES string of the molecule is CC(C)(C)n1cc(CN2C3CCNCC2CC3)nn1. The zero-order valence-electron chi connectivity index (χ0n) is 12.3. The van der Waals surface area contributed by atoms with Gasteiger partial charge in [-0.3, -0.25) is 4.90 Å². The minimum absolute atomic E-state index is 0.0184. The van der Waals surface area contributed by atoms with E-state index in [0.29, 0.717) is 6.04 Å². The topological polar surface area (TPSA) is 46.0 Å². The van der Waals surface area contributed by atoms with Gasteiger partial charge in [-0.2, -0.15) is 0 Å². The minimum Gasteiger partial charge on any atom is -0.315 e. The zero-order chi connectivity index (χ0) is 13.5. The lowest BCUT2D eigenvalue weighted by atomic mass is 10.1. The smallest absolute Gasteiger partial charge is 0.0967 e. The van der Waals surface area contributed by atoms with E-state index in [9.17, 15) is 0 Å². The highest BCUT2D eigenvalue weighted by molar-refractivity contribution is 5.00. The summed E-state index contributed by atoms with van der Waals surface area (Å²) in [5.41, 5.74) is 1.12.